The van der Waals surface area contributed by atoms with E-state index in [4.69, 9.17) is 9.15 Å². The molecule has 2 aliphatic rings. The number of hydrogen-bond acceptors (Lipinski definition) is 7. The fourth-order valence-corrected chi connectivity index (χ4v) is 5.26. The van der Waals surface area contributed by atoms with Crippen molar-refractivity contribution in [2.75, 3.05) is 26.3 Å². The third-order valence-corrected chi connectivity index (χ3v) is 7.09. The summed E-state index contributed by atoms with van der Waals surface area (Å²) in [5, 5.41) is 2.21. The van der Waals surface area contributed by atoms with Crippen LogP contribution < -0.4 is 5.32 Å². The van der Waals surface area contributed by atoms with Gasteiger partial charge < -0.3 is 14.1 Å². The summed E-state index contributed by atoms with van der Waals surface area (Å²) in [4.78, 5) is 41.1. The topological polar surface area (TPSA) is 92.1 Å². The molecule has 0 aliphatic carbocycles. The van der Waals surface area contributed by atoms with E-state index in [-0.39, 0.29) is 5.91 Å². The van der Waals surface area contributed by atoms with Crippen LogP contribution in [0.4, 0.5) is 0 Å². The number of hydrogen-bond donors (Lipinski definition) is 1. The van der Waals surface area contributed by atoms with Crippen molar-refractivity contribution >= 4 is 30.0 Å². The van der Waals surface area contributed by atoms with Crippen LogP contribution in [0.5, 0.6) is 0 Å². The molecule has 2 aliphatic heterocycles. The van der Waals surface area contributed by atoms with Gasteiger partial charge in [-0.25, -0.2) is 0 Å². The van der Waals surface area contributed by atoms with Crippen molar-refractivity contribution in [1.82, 2.24) is 15.1 Å². The maximum Gasteiger partial charge on any atom is 0.255 e. The van der Waals surface area contributed by atoms with Gasteiger partial charge >= 0.3 is 0 Å². The molecule has 0 spiro atoms. The molecule has 0 radical (unpaired) electrons. The van der Waals surface area contributed by atoms with Crippen LogP contribution in [0, 0.1) is 0 Å². The van der Waals surface area contributed by atoms with Crippen molar-refractivity contribution in [1.29, 1.82) is 0 Å². The van der Waals surface area contributed by atoms with Crippen LogP contribution in [0.1, 0.15) is 47.2 Å². The van der Waals surface area contributed by atoms with Gasteiger partial charge in [0.15, 0.2) is 0 Å². The van der Waals surface area contributed by atoms with Crippen molar-refractivity contribution in [3.8, 4) is 0 Å². The van der Waals surface area contributed by atoms with Crippen molar-refractivity contribution in [3.05, 3.63) is 53.0 Å². The van der Waals surface area contributed by atoms with E-state index in [2.05, 4.69) is 10.2 Å². The summed E-state index contributed by atoms with van der Waals surface area (Å²) in [6.07, 6.45) is 1.60. The quantitative estimate of drug-likeness (QED) is 0.421. The van der Waals surface area contributed by atoms with Crippen LogP contribution >= 0.6 is 11.8 Å². The number of ether oxygens (including phenoxy) is 1. The highest BCUT2D eigenvalue weighted by Crippen LogP contribution is 2.35. The van der Waals surface area contributed by atoms with E-state index in [1.807, 2.05) is 31.2 Å². The summed E-state index contributed by atoms with van der Waals surface area (Å²) in [7, 11) is 0. The minimum atomic E-state index is -0.661. The second-order valence-corrected chi connectivity index (χ2v) is 9.21. The van der Waals surface area contributed by atoms with Crippen molar-refractivity contribution in [2.45, 2.75) is 49.5 Å². The van der Waals surface area contributed by atoms with E-state index in [9.17, 15) is 14.4 Å². The predicted octanol–water partition coefficient (Wildman–Crippen LogP) is 2.80. The molecule has 1 fully saturated rings. The van der Waals surface area contributed by atoms with E-state index in [1.54, 1.807) is 22.7 Å². The van der Waals surface area contributed by atoms with Gasteiger partial charge in [-0.3, -0.25) is 24.6 Å². The number of nitrogens with one attached hydrogen (secondary N) is 1. The van der Waals surface area contributed by atoms with Crippen LogP contribution in [0.15, 0.2) is 39.6 Å². The first-order valence-corrected chi connectivity index (χ1v) is 12.3. The van der Waals surface area contributed by atoms with Gasteiger partial charge in [-0.1, -0.05) is 19.4 Å². The van der Waals surface area contributed by atoms with Gasteiger partial charge in [0.2, 0.25) is 12.3 Å². The van der Waals surface area contributed by atoms with Gasteiger partial charge in [-0.2, -0.15) is 0 Å². The lowest BCUT2D eigenvalue weighted by Gasteiger charge is -2.25. The zero-order chi connectivity index (χ0) is 23.2. The number of morpholine rings is 1. The van der Waals surface area contributed by atoms with Gasteiger partial charge in [0.1, 0.15) is 17.6 Å². The van der Waals surface area contributed by atoms with E-state index in [0.29, 0.717) is 30.7 Å². The van der Waals surface area contributed by atoms with Crippen LogP contribution in [0.3, 0.4) is 0 Å². The highest BCUT2D eigenvalue weighted by atomic mass is 32.2. The maximum atomic E-state index is 13.1. The Morgan fingerprint density at radius 1 is 1.21 bits per heavy atom. The Labute approximate surface area is 197 Å². The minimum absolute atomic E-state index is 0.169. The summed E-state index contributed by atoms with van der Waals surface area (Å²) in [5.41, 5.74) is 1.54. The van der Waals surface area contributed by atoms with Crippen LogP contribution in [0.25, 0.3) is 0 Å². The van der Waals surface area contributed by atoms with Gasteiger partial charge in [0.25, 0.3) is 5.91 Å². The predicted molar refractivity (Wildman–Crippen MR) is 124 cm³/mol. The standard InChI is InChI=1S/C24H29N3O5S/c1-2-4-21(23(29)25-16-28)27-14-20-19(24(27)30)5-3-6-22(20)33-15-18-8-7-17(32-18)13-26-9-11-31-12-10-26/h3,5-8,16,21H,2,4,9-15H2,1H3,(H,25,28,29). The second kappa shape index (κ2) is 11.0. The Balaban J connectivity index is 1.42. The van der Waals surface area contributed by atoms with E-state index in [0.717, 1.165) is 61.2 Å². The van der Waals surface area contributed by atoms with Gasteiger partial charge in [-0.05, 0) is 36.2 Å². The fourth-order valence-electron chi connectivity index (χ4n) is 4.28. The molecule has 1 aromatic heterocycles. The third kappa shape index (κ3) is 5.48. The Morgan fingerprint density at radius 2 is 2.00 bits per heavy atom. The van der Waals surface area contributed by atoms with Crippen molar-refractivity contribution in [3.63, 3.8) is 0 Å². The molecule has 3 heterocycles. The first-order chi connectivity index (χ1) is 16.1. The number of imide groups is 1. The van der Waals surface area contributed by atoms with E-state index in [1.165, 1.54) is 0 Å². The number of amides is 3. The first kappa shape index (κ1) is 23.5. The molecule has 0 bridgehead atoms. The Bertz CT molecular complexity index is 1000. The summed E-state index contributed by atoms with van der Waals surface area (Å²) in [6.45, 7) is 6.43. The molecule has 1 aromatic carbocycles. The molecule has 2 aromatic rings. The Morgan fingerprint density at radius 3 is 2.76 bits per heavy atom. The number of thioether (sulfide) groups is 1. The average Bonchev–Trinajstić information content (AvgIpc) is 3.41. The lowest BCUT2D eigenvalue weighted by molar-refractivity contribution is -0.129. The molecule has 33 heavy (non-hydrogen) atoms. The molecule has 8 nitrogen and oxygen atoms in total. The highest BCUT2D eigenvalue weighted by Gasteiger charge is 2.37. The van der Waals surface area contributed by atoms with E-state index < -0.39 is 11.9 Å². The Hall–Kier alpha value is -2.62. The number of carbonyl (C=O) groups is 3. The monoisotopic (exact) mass is 471 g/mol. The largest absolute Gasteiger partial charge is 0.464 e. The molecular weight excluding hydrogens is 442 g/mol. The maximum absolute atomic E-state index is 13.1. The molecule has 1 saturated heterocycles. The average molecular weight is 472 g/mol. The summed E-state index contributed by atoms with van der Waals surface area (Å²) < 4.78 is 11.4. The van der Waals surface area contributed by atoms with Gasteiger partial charge in [0.05, 0.1) is 25.5 Å². The number of benzene rings is 1. The van der Waals surface area contributed by atoms with Crippen LogP contribution in [-0.2, 0) is 33.2 Å². The lowest BCUT2D eigenvalue weighted by atomic mass is 10.1. The Kier molecular flexibility index (Phi) is 7.85. The molecule has 4 rings (SSSR count). The molecule has 176 valence electrons. The summed E-state index contributed by atoms with van der Waals surface area (Å²) >= 11 is 1.62. The molecule has 3 amide bonds. The number of fused-ring (bicyclic) bond motifs is 1. The number of nitrogens with zero attached hydrogens (tertiary/aromatic N) is 2. The van der Waals surface area contributed by atoms with Crippen LogP contribution in [0.2, 0.25) is 0 Å². The molecule has 1 atom stereocenters. The summed E-state index contributed by atoms with van der Waals surface area (Å²) in [5.74, 6) is 1.87. The zero-order valence-corrected chi connectivity index (χ0v) is 19.6. The summed E-state index contributed by atoms with van der Waals surface area (Å²) in [6, 6.07) is 9.03. The fraction of sp³-hybridized carbons (Fsp3) is 0.458. The van der Waals surface area contributed by atoms with Crippen LogP contribution in [-0.4, -0.2) is 60.4 Å². The minimum Gasteiger partial charge on any atom is -0.464 e. The first-order valence-electron chi connectivity index (χ1n) is 11.3. The van der Waals surface area contributed by atoms with Crippen molar-refractivity contribution < 1.29 is 23.5 Å². The smallest absolute Gasteiger partial charge is 0.255 e. The lowest BCUT2D eigenvalue weighted by Crippen LogP contribution is -2.46. The highest BCUT2D eigenvalue weighted by molar-refractivity contribution is 7.98. The normalized spacial score (nSPS) is 17.1. The molecular formula is C24H29N3O5S. The zero-order valence-electron chi connectivity index (χ0n) is 18.7. The second-order valence-electron chi connectivity index (χ2n) is 8.19. The molecule has 1 N–H and O–H groups in total. The molecule has 9 heteroatoms. The number of rotatable bonds is 10. The molecule has 0 saturated carbocycles. The van der Waals surface area contributed by atoms with E-state index >= 15 is 0 Å². The van der Waals surface area contributed by atoms with Crippen molar-refractivity contribution in [2.24, 2.45) is 0 Å². The number of carbonyl (C=O) groups excluding carboxylic acids is 3. The molecule has 1 unspecified atom stereocenters. The third-order valence-electron chi connectivity index (χ3n) is 5.97. The SMILES string of the molecule is CCCC(C(=O)NC=O)N1Cc2c(SCc3ccc(CN4CCOCC4)o3)cccc2C1=O. The van der Waals surface area contributed by atoms with Gasteiger partial charge in [-0.15, -0.1) is 11.8 Å². The van der Waals surface area contributed by atoms with Gasteiger partial charge in [0, 0.05) is 30.1 Å². The number of furan rings is 1.